The summed E-state index contributed by atoms with van der Waals surface area (Å²) in [5, 5.41) is 0.581. The number of morpholine rings is 1. The Balaban J connectivity index is 1.55. The highest BCUT2D eigenvalue weighted by molar-refractivity contribution is 6.33. The van der Waals surface area contributed by atoms with Gasteiger partial charge < -0.3 is 26.0 Å². The zero-order chi connectivity index (χ0) is 26.6. The smallest absolute Gasteiger partial charge is 0.254 e. The highest BCUT2D eigenvalue weighted by Gasteiger charge is 2.23. The zero-order valence-electron chi connectivity index (χ0n) is 21.1. The number of rotatable bonds is 6. The van der Waals surface area contributed by atoms with E-state index in [2.05, 4.69) is 4.98 Å². The predicted octanol–water partition coefficient (Wildman–Crippen LogP) is 2.89. The van der Waals surface area contributed by atoms with Gasteiger partial charge in [0.1, 0.15) is 0 Å². The Morgan fingerprint density at radius 2 is 1.89 bits per heavy atom. The first-order chi connectivity index (χ1) is 18.4. The van der Waals surface area contributed by atoms with E-state index in [4.69, 9.17) is 32.8 Å². The van der Waals surface area contributed by atoms with Gasteiger partial charge in [-0.25, -0.2) is 9.97 Å². The highest BCUT2D eigenvalue weighted by atomic mass is 35.5. The van der Waals surface area contributed by atoms with Crippen LogP contribution < -0.4 is 16.4 Å². The van der Waals surface area contributed by atoms with Crippen molar-refractivity contribution in [3.05, 3.63) is 76.1 Å². The average Bonchev–Trinajstić information content (AvgIpc) is 2.93. The normalized spacial score (nSPS) is 17.9. The molecule has 3 aromatic rings. The molecule has 2 aliphatic rings. The van der Waals surface area contributed by atoms with Gasteiger partial charge in [0.2, 0.25) is 5.95 Å². The molecule has 0 radical (unpaired) electrons. The molecule has 2 amide bonds. The fourth-order valence-electron chi connectivity index (χ4n) is 5.00. The van der Waals surface area contributed by atoms with Crippen molar-refractivity contribution in [1.82, 2.24) is 14.9 Å². The third-order valence-corrected chi connectivity index (χ3v) is 7.29. The van der Waals surface area contributed by atoms with Gasteiger partial charge in [-0.3, -0.25) is 9.59 Å². The maximum Gasteiger partial charge on any atom is 0.254 e. The van der Waals surface area contributed by atoms with E-state index in [0.29, 0.717) is 55.1 Å². The molecule has 2 aliphatic heterocycles. The topological polar surface area (TPSA) is 128 Å². The molecule has 2 aromatic carbocycles. The van der Waals surface area contributed by atoms with Gasteiger partial charge in [-0.2, -0.15) is 0 Å². The van der Waals surface area contributed by atoms with Crippen LogP contribution in [0.3, 0.4) is 0 Å². The number of primary amides is 1. The molecule has 38 heavy (non-hydrogen) atoms. The number of hydrogen-bond acceptors (Lipinski definition) is 7. The molecule has 0 spiro atoms. The van der Waals surface area contributed by atoms with Gasteiger partial charge in [-0.1, -0.05) is 35.9 Å². The highest BCUT2D eigenvalue weighted by Crippen LogP contribution is 2.31. The second-order valence-corrected chi connectivity index (χ2v) is 10.1. The van der Waals surface area contributed by atoms with E-state index >= 15 is 0 Å². The third-order valence-electron chi connectivity index (χ3n) is 6.96. The molecule has 3 heterocycles. The molecule has 198 valence electrons. The number of nitrogens with two attached hydrogens (primary N) is 2. The number of halogens is 1. The van der Waals surface area contributed by atoms with Gasteiger partial charge in [-0.05, 0) is 42.2 Å². The van der Waals surface area contributed by atoms with Gasteiger partial charge in [0, 0.05) is 61.0 Å². The maximum absolute atomic E-state index is 13.5. The summed E-state index contributed by atoms with van der Waals surface area (Å²) in [7, 11) is 0. The van der Waals surface area contributed by atoms with Crippen molar-refractivity contribution in [3.8, 4) is 11.1 Å². The Morgan fingerprint density at radius 1 is 1.11 bits per heavy atom. The maximum atomic E-state index is 13.5. The Hall–Kier alpha value is -3.53. The number of nitrogens with zero attached hydrogens (tertiary/aromatic N) is 4. The minimum atomic E-state index is -0.603. The Labute approximate surface area is 226 Å². The molecular formula is C28H31ClN6O3. The number of hydrogen-bond donors (Lipinski definition) is 2. The molecular weight excluding hydrogens is 504 g/mol. The van der Waals surface area contributed by atoms with Crippen molar-refractivity contribution >= 4 is 29.4 Å². The monoisotopic (exact) mass is 534 g/mol. The molecule has 1 aromatic heterocycles. The van der Waals surface area contributed by atoms with Crippen LogP contribution in [-0.4, -0.2) is 72.1 Å². The average molecular weight is 535 g/mol. The van der Waals surface area contributed by atoms with E-state index in [-0.39, 0.29) is 23.9 Å². The first-order valence-corrected chi connectivity index (χ1v) is 13.2. The van der Waals surface area contributed by atoms with Crippen molar-refractivity contribution in [2.24, 2.45) is 11.5 Å². The molecule has 0 bridgehead atoms. The minimum absolute atomic E-state index is 0.0488. The standard InChI is InChI=1S/C28H31ClN6O3/c29-24-6-2-1-5-22(24)19-12-18(13-20(15-19)27(37)34-8-10-38-11-9-34)14-25-23(26(31)36)16-32-28(33-25)35-7-3-4-21(30)17-35/h1-2,5-6,12-13,15-16,21H,3-4,7-11,14,17,30H2,(H2,31,36)/t21-/m0/s1. The van der Waals surface area contributed by atoms with Crippen LogP contribution in [0.4, 0.5) is 5.95 Å². The lowest BCUT2D eigenvalue weighted by atomic mass is 9.96. The summed E-state index contributed by atoms with van der Waals surface area (Å²) in [6.45, 7) is 3.52. The second kappa shape index (κ2) is 11.5. The van der Waals surface area contributed by atoms with E-state index in [1.165, 1.54) is 6.20 Å². The molecule has 1 atom stereocenters. The number of piperidine rings is 1. The predicted molar refractivity (Wildman–Crippen MR) is 146 cm³/mol. The van der Waals surface area contributed by atoms with Crippen LogP contribution in [0, 0.1) is 0 Å². The molecule has 2 saturated heterocycles. The summed E-state index contributed by atoms with van der Waals surface area (Å²) >= 11 is 6.53. The summed E-state index contributed by atoms with van der Waals surface area (Å²) in [5.41, 5.74) is 15.6. The molecule has 10 heteroatoms. The van der Waals surface area contributed by atoms with Crippen LogP contribution >= 0.6 is 11.6 Å². The molecule has 5 rings (SSSR count). The van der Waals surface area contributed by atoms with Gasteiger partial charge in [0.15, 0.2) is 0 Å². The van der Waals surface area contributed by atoms with Crippen molar-refractivity contribution in [2.45, 2.75) is 25.3 Å². The lowest BCUT2D eigenvalue weighted by Gasteiger charge is -2.31. The summed E-state index contributed by atoms with van der Waals surface area (Å²) in [6, 6.07) is 13.2. The number of benzene rings is 2. The van der Waals surface area contributed by atoms with Gasteiger partial charge in [-0.15, -0.1) is 0 Å². The first-order valence-electron chi connectivity index (χ1n) is 12.8. The Bertz CT molecular complexity index is 1340. The summed E-state index contributed by atoms with van der Waals surface area (Å²) < 4.78 is 5.42. The third kappa shape index (κ3) is 5.80. The fourth-order valence-corrected chi connectivity index (χ4v) is 5.25. The summed E-state index contributed by atoms with van der Waals surface area (Å²) in [5.74, 6) is -0.162. The van der Waals surface area contributed by atoms with Crippen molar-refractivity contribution in [3.63, 3.8) is 0 Å². The Kier molecular flexibility index (Phi) is 7.87. The molecule has 2 fully saturated rings. The van der Waals surface area contributed by atoms with E-state index < -0.39 is 5.91 Å². The Morgan fingerprint density at radius 3 is 2.63 bits per heavy atom. The first kappa shape index (κ1) is 26.1. The van der Waals surface area contributed by atoms with Crippen molar-refractivity contribution < 1.29 is 14.3 Å². The minimum Gasteiger partial charge on any atom is -0.378 e. The number of carbonyl (C=O) groups is 2. The van der Waals surface area contributed by atoms with Crippen LogP contribution in [0.25, 0.3) is 11.1 Å². The fraction of sp³-hybridized carbons (Fsp3) is 0.357. The van der Waals surface area contributed by atoms with Gasteiger partial charge in [0.05, 0.1) is 24.5 Å². The van der Waals surface area contributed by atoms with Crippen LogP contribution in [0.1, 0.15) is 44.8 Å². The van der Waals surface area contributed by atoms with Crippen molar-refractivity contribution in [1.29, 1.82) is 0 Å². The zero-order valence-corrected chi connectivity index (χ0v) is 21.9. The number of anilines is 1. The number of carbonyl (C=O) groups excluding carboxylic acids is 2. The lowest BCUT2D eigenvalue weighted by Crippen LogP contribution is -2.43. The van der Waals surface area contributed by atoms with E-state index in [1.807, 2.05) is 47.4 Å². The second-order valence-electron chi connectivity index (χ2n) is 9.72. The molecule has 4 N–H and O–H groups in total. The van der Waals surface area contributed by atoms with Gasteiger partial charge >= 0.3 is 0 Å². The van der Waals surface area contributed by atoms with Crippen molar-refractivity contribution in [2.75, 3.05) is 44.3 Å². The molecule has 9 nitrogen and oxygen atoms in total. The number of ether oxygens (including phenoxy) is 1. The van der Waals surface area contributed by atoms with Crippen LogP contribution in [0.2, 0.25) is 5.02 Å². The van der Waals surface area contributed by atoms with E-state index in [1.54, 1.807) is 4.90 Å². The molecule has 0 unspecified atom stereocenters. The number of aromatic nitrogens is 2. The summed E-state index contributed by atoms with van der Waals surface area (Å²) in [6.07, 6.45) is 3.68. The van der Waals surface area contributed by atoms with Crippen LogP contribution in [0.15, 0.2) is 48.7 Å². The SMILES string of the molecule is NC(=O)c1cnc(N2CCC[C@H](N)C2)nc1Cc1cc(C(=O)N2CCOCC2)cc(-c2ccccc2Cl)c1. The largest absolute Gasteiger partial charge is 0.378 e. The summed E-state index contributed by atoms with van der Waals surface area (Å²) in [4.78, 5) is 38.7. The van der Waals surface area contributed by atoms with E-state index in [9.17, 15) is 9.59 Å². The molecule has 0 saturated carbocycles. The molecule has 0 aliphatic carbocycles. The lowest BCUT2D eigenvalue weighted by molar-refractivity contribution is 0.0303. The van der Waals surface area contributed by atoms with Crippen LogP contribution in [-0.2, 0) is 11.2 Å². The number of amides is 2. The van der Waals surface area contributed by atoms with Gasteiger partial charge in [0.25, 0.3) is 11.8 Å². The van der Waals surface area contributed by atoms with Crippen LogP contribution in [0.5, 0.6) is 0 Å². The van der Waals surface area contributed by atoms with E-state index in [0.717, 1.165) is 36.1 Å². The quantitative estimate of drug-likeness (QED) is 0.497.